The van der Waals surface area contributed by atoms with Gasteiger partial charge in [-0.15, -0.1) is 0 Å². The summed E-state index contributed by atoms with van der Waals surface area (Å²) in [4.78, 5) is 0. The molecule has 0 bridgehead atoms. The molecule has 0 N–H and O–H groups in total. The molecule has 0 aliphatic carbocycles. The third-order valence-corrected chi connectivity index (χ3v) is 16.0. The maximum atomic E-state index is 6.67. The van der Waals surface area contributed by atoms with Gasteiger partial charge in [0.25, 0.3) is 0 Å². The number of hydrogen-bond acceptors (Lipinski definition) is 3. The van der Waals surface area contributed by atoms with Crippen molar-refractivity contribution in [1.82, 2.24) is 0 Å². The van der Waals surface area contributed by atoms with Crippen molar-refractivity contribution >= 4 is 38.9 Å². The summed E-state index contributed by atoms with van der Waals surface area (Å²) in [5.74, 6) is 0. The van der Waals surface area contributed by atoms with E-state index in [1.807, 2.05) is 6.07 Å². The molecule has 126 valence electrons. The van der Waals surface area contributed by atoms with Crippen LogP contribution in [0.5, 0.6) is 0 Å². The van der Waals surface area contributed by atoms with Crippen LogP contribution < -0.4 is 5.19 Å². The van der Waals surface area contributed by atoms with Gasteiger partial charge in [0.2, 0.25) is 8.32 Å². The lowest BCUT2D eigenvalue weighted by molar-refractivity contribution is 0.264. The fourth-order valence-electron chi connectivity index (χ4n) is 2.54. The summed E-state index contributed by atoms with van der Waals surface area (Å²) in [6.07, 6.45) is 0. The first-order chi connectivity index (χ1) is 9.73. The van der Waals surface area contributed by atoms with Crippen LogP contribution in [-0.2, 0) is 12.3 Å². The molecule has 1 aromatic carbocycles. The van der Waals surface area contributed by atoms with Crippen LogP contribution >= 0.6 is 0 Å². The van der Waals surface area contributed by atoms with Gasteiger partial charge in [0.05, 0.1) is 0 Å². The molecule has 0 aliphatic rings. The van der Waals surface area contributed by atoms with Crippen molar-refractivity contribution < 1.29 is 12.3 Å². The van der Waals surface area contributed by atoms with E-state index in [4.69, 9.17) is 12.3 Å². The maximum Gasteiger partial charge on any atom is 0.466 e. The highest BCUT2D eigenvalue weighted by atomic mass is 28.5. The largest absolute Gasteiger partial charge is 0.466 e. The molecular weight excluding hydrogens is 341 g/mol. The molecule has 0 aromatic heterocycles. The summed E-state index contributed by atoms with van der Waals surface area (Å²) in [7, 11) is -8.19. The van der Waals surface area contributed by atoms with E-state index < -0.39 is 33.8 Å². The normalized spacial score (nSPS) is 14.2. The Labute approximate surface area is 140 Å². The van der Waals surface area contributed by atoms with Crippen LogP contribution in [0.3, 0.4) is 0 Å². The number of rotatable bonds is 7. The summed E-state index contributed by atoms with van der Waals surface area (Å²) >= 11 is 0. The van der Waals surface area contributed by atoms with Crippen LogP contribution in [0.25, 0.3) is 0 Å². The zero-order chi connectivity index (χ0) is 17.2. The molecule has 0 spiro atoms. The van der Waals surface area contributed by atoms with Crippen LogP contribution in [0, 0.1) is 0 Å². The monoisotopic (exact) mass is 372 g/mol. The van der Waals surface area contributed by atoms with Crippen molar-refractivity contribution in [3.8, 4) is 0 Å². The quantitative estimate of drug-likeness (QED) is 0.664. The fourth-order valence-corrected chi connectivity index (χ4v) is 18.2. The van der Waals surface area contributed by atoms with E-state index in [1.165, 1.54) is 5.19 Å². The molecule has 7 heteroatoms. The summed E-state index contributed by atoms with van der Waals surface area (Å²) in [5.41, 5.74) is 0. The molecule has 0 fully saturated rings. The molecule has 0 saturated heterocycles. The number of hydrogen-bond donors (Lipinski definition) is 0. The highest BCUT2D eigenvalue weighted by molar-refractivity contribution is 6.94. The SMILES string of the molecule is C[Si](C)(C)O[Si](C)(O[Si](C)(C)C)O[Si](C)(C)c1ccccc1. The Morgan fingerprint density at radius 2 is 1.00 bits per heavy atom. The minimum atomic E-state index is -2.65. The van der Waals surface area contributed by atoms with Crippen LogP contribution in [-0.4, -0.2) is 33.8 Å². The highest BCUT2D eigenvalue weighted by Gasteiger charge is 2.47. The molecule has 0 unspecified atom stereocenters. The third-order valence-electron chi connectivity index (χ3n) is 2.89. The second-order valence-corrected chi connectivity index (χ2v) is 24.5. The first-order valence-electron chi connectivity index (χ1n) is 7.89. The van der Waals surface area contributed by atoms with Crippen LogP contribution in [0.2, 0.25) is 58.9 Å². The van der Waals surface area contributed by atoms with Crippen LogP contribution in [0.15, 0.2) is 30.3 Å². The van der Waals surface area contributed by atoms with Crippen molar-refractivity contribution in [2.75, 3.05) is 0 Å². The molecule has 0 saturated carbocycles. The smallest absolute Gasteiger partial charge is 0.417 e. The van der Waals surface area contributed by atoms with Crippen molar-refractivity contribution in [1.29, 1.82) is 0 Å². The topological polar surface area (TPSA) is 27.7 Å². The lowest BCUT2D eigenvalue weighted by atomic mass is 10.4. The molecule has 1 aromatic rings. The zero-order valence-electron chi connectivity index (χ0n) is 15.6. The van der Waals surface area contributed by atoms with Crippen LogP contribution in [0.4, 0.5) is 0 Å². The second kappa shape index (κ2) is 6.84. The van der Waals surface area contributed by atoms with Gasteiger partial charge in [0.15, 0.2) is 16.6 Å². The van der Waals surface area contributed by atoms with Gasteiger partial charge in [0, 0.05) is 6.55 Å². The van der Waals surface area contributed by atoms with Gasteiger partial charge in [-0.25, -0.2) is 0 Å². The molecule has 0 aliphatic heterocycles. The van der Waals surface area contributed by atoms with Gasteiger partial charge in [-0.05, 0) is 57.6 Å². The first-order valence-corrected chi connectivity index (χ1v) is 19.8. The maximum absolute atomic E-state index is 6.67. The average molecular weight is 373 g/mol. The molecular formula is C15H32O3Si4. The van der Waals surface area contributed by atoms with Crippen LogP contribution in [0.1, 0.15) is 0 Å². The van der Waals surface area contributed by atoms with E-state index in [-0.39, 0.29) is 0 Å². The lowest BCUT2D eigenvalue weighted by Gasteiger charge is -2.41. The molecule has 0 radical (unpaired) electrons. The van der Waals surface area contributed by atoms with Gasteiger partial charge < -0.3 is 12.3 Å². The van der Waals surface area contributed by atoms with Crippen molar-refractivity contribution in [3.05, 3.63) is 30.3 Å². The zero-order valence-corrected chi connectivity index (χ0v) is 19.6. The fraction of sp³-hybridized carbons (Fsp3) is 0.600. The molecule has 1 rings (SSSR count). The van der Waals surface area contributed by atoms with Gasteiger partial charge in [0.1, 0.15) is 0 Å². The molecule has 0 atom stereocenters. The predicted molar refractivity (Wildman–Crippen MR) is 105 cm³/mol. The molecule has 0 heterocycles. The van der Waals surface area contributed by atoms with E-state index in [1.54, 1.807) is 0 Å². The Morgan fingerprint density at radius 1 is 0.591 bits per heavy atom. The lowest BCUT2D eigenvalue weighted by Crippen LogP contribution is -2.62. The minimum Gasteiger partial charge on any atom is -0.417 e. The second-order valence-electron chi connectivity index (χ2n) is 8.27. The van der Waals surface area contributed by atoms with E-state index in [2.05, 4.69) is 83.2 Å². The average Bonchev–Trinajstić information content (AvgIpc) is 2.23. The highest BCUT2D eigenvalue weighted by Crippen LogP contribution is 2.25. The Balaban J connectivity index is 3.07. The molecule has 22 heavy (non-hydrogen) atoms. The van der Waals surface area contributed by atoms with Crippen molar-refractivity contribution in [2.45, 2.75) is 58.9 Å². The van der Waals surface area contributed by atoms with E-state index in [0.717, 1.165) is 0 Å². The Morgan fingerprint density at radius 3 is 1.36 bits per heavy atom. The third kappa shape index (κ3) is 7.03. The Hall–Kier alpha value is -0.0325. The van der Waals surface area contributed by atoms with E-state index in [9.17, 15) is 0 Å². The van der Waals surface area contributed by atoms with Gasteiger partial charge in [-0.3, -0.25) is 0 Å². The molecule has 3 nitrogen and oxygen atoms in total. The number of benzene rings is 1. The summed E-state index contributed by atoms with van der Waals surface area (Å²) < 4.78 is 19.6. The summed E-state index contributed by atoms with van der Waals surface area (Å²) in [6, 6.07) is 10.5. The Bertz CT molecular complexity index is 462. The molecule has 0 amide bonds. The first kappa shape index (κ1) is 20.0. The predicted octanol–water partition coefficient (Wildman–Crippen LogP) is 4.39. The Kier molecular flexibility index (Phi) is 6.22. The summed E-state index contributed by atoms with van der Waals surface area (Å²) in [6.45, 7) is 19.8. The standard InChI is InChI=1S/C15H32O3Si4/c1-19(2,3)16-22(9,17-20(4,5)6)18-21(7,8)15-13-11-10-12-14-15/h10-14H,1-9H3. The van der Waals surface area contributed by atoms with Crippen molar-refractivity contribution in [2.24, 2.45) is 0 Å². The van der Waals surface area contributed by atoms with E-state index >= 15 is 0 Å². The van der Waals surface area contributed by atoms with Crippen molar-refractivity contribution in [3.63, 3.8) is 0 Å². The van der Waals surface area contributed by atoms with Gasteiger partial charge >= 0.3 is 8.80 Å². The van der Waals surface area contributed by atoms with Gasteiger partial charge in [-0.2, -0.15) is 0 Å². The van der Waals surface area contributed by atoms with Gasteiger partial charge in [-0.1, -0.05) is 30.3 Å². The van der Waals surface area contributed by atoms with E-state index in [0.29, 0.717) is 0 Å². The summed E-state index contributed by atoms with van der Waals surface area (Å²) in [5, 5.41) is 1.28. The minimum absolute atomic E-state index is 1.28.